The quantitative estimate of drug-likeness (QED) is 0.648. The van der Waals surface area contributed by atoms with Gasteiger partial charge in [0.2, 0.25) is 5.95 Å². The lowest BCUT2D eigenvalue weighted by molar-refractivity contribution is 0.306. The standard InChI is InChI=1S/C21H21ClN4O/c22-17-5-3-16(4-6-17)15-27-19-9-7-18(8-10-19)24-21-23-12-11-20(25-21)26-13-1-2-14-26/h3-12H,1-2,13-15H2,(H,23,24,25). The van der Waals surface area contributed by atoms with Crippen molar-refractivity contribution < 1.29 is 4.74 Å². The van der Waals surface area contributed by atoms with Crippen molar-refractivity contribution in [2.45, 2.75) is 19.4 Å². The zero-order valence-corrected chi connectivity index (χ0v) is 15.7. The van der Waals surface area contributed by atoms with E-state index in [2.05, 4.69) is 20.2 Å². The smallest absolute Gasteiger partial charge is 0.229 e. The molecule has 138 valence electrons. The lowest BCUT2D eigenvalue weighted by atomic mass is 10.2. The van der Waals surface area contributed by atoms with Gasteiger partial charge in [-0.3, -0.25) is 0 Å². The summed E-state index contributed by atoms with van der Waals surface area (Å²) in [6.07, 6.45) is 4.25. The van der Waals surface area contributed by atoms with Crippen molar-refractivity contribution in [3.05, 3.63) is 71.4 Å². The molecule has 1 N–H and O–H groups in total. The summed E-state index contributed by atoms with van der Waals surface area (Å²) >= 11 is 5.90. The van der Waals surface area contributed by atoms with Gasteiger partial charge in [0, 0.05) is 30.0 Å². The molecule has 0 radical (unpaired) electrons. The average Bonchev–Trinajstić information content (AvgIpc) is 3.24. The molecule has 0 atom stereocenters. The van der Waals surface area contributed by atoms with Crippen molar-refractivity contribution in [2.24, 2.45) is 0 Å². The summed E-state index contributed by atoms with van der Waals surface area (Å²) in [5, 5.41) is 3.98. The van der Waals surface area contributed by atoms with E-state index >= 15 is 0 Å². The molecule has 0 bridgehead atoms. The van der Waals surface area contributed by atoms with Crippen LogP contribution in [-0.4, -0.2) is 23.1 Å². The number of nitrogens with zero attached hydrogens (tertiary/aromatic N) is 3. The number of hydrogen-bond acceptors (Lipinski definition) is 5. The molecule has 1 saturated heterocycles. The van der Waals surface area contributed by atoms with Crippen molar-refractivity contribution in [2.75, 3.05) is 23.3 Å². The van der Waals surface area contributed by atoms with Crippen LogP contribution in [0.4, 0.5) is 17.5 Å². The molecular formula is C21H21ClN4O. The summed E-state index contributed by atoms with van der Waals surface area (Å²) in [5.74, 6) is 2.39. The zero-order chi connectivity index (χ0) is 18.5. The van der Waals surface area contributed by atoms with Crippen LogP contribution in [0.25, 0.3) is 0 Å². The predicted molar refractivity (Wildman–Crippen MR) is 109 cm³/mol. The molecule has 0 aliphatic carbocycles. The first-order valence-electron chi connectivity index (χ1n) is 9.09. The van der Waals surface area contributed by atoms with Gasteiger partial charge in [-0.25, -0.2) is 4.98 Å². The fourth-order valence-corrected chi connectivity index (χ4v) is 3.17. The first-order valence-corrected chi connectivity index (χ1v) is 9.46. The van der Waals surface area contributed by atoms with Crippen LogP contribution < -0.4 is 15.0 Å². The molecule has 2 aromatic carbocycles. The Balaban J connectivity index is 1.36. The van der Waals surface area contributed by atoms with Gasteiger partial charge >= 0.3 is 0 Å². The van der Waals surface area contributed by atoms with E-state index in [0.29, 0.717) is 12.6 Å². The second-order valence-electron chi connectivity index (χ2n) is 6.50. The van der Waals surface area contributed by atoms with Gasteiger partial charge in [-0.2, -0.15) is 4.98 Å². The molecule has 0 saturated carbocycles. The highest BCUT2D eigenvalue weighted by Crippen LogP contribution is 2.22. The second-order valence-corrected chi connectivity index (χ2v) is 6.93. The van der Waals surface area contributed by atoms with Gasteiger partial charge in [0.25, 0.3) is 0 Å². The number of halogens is 1. The van der Waals surface area contributed by atoms with Crippen LogP contribution in [-0.2, 0) is 6.61 Å². The third kappa shape index (κ3) is 4.68. The van der Waals surface area contributed by atoms with Crippen molar-refractivity contribution in [1.82, 2.24) is 9.97 Å². The van der Waals surface area contributed by atoms with E-state index in [4.69, 9.17) is 16.3 Å². The maximum Gasteiger partial charge on any atom is 0.229 e. The molecule has 6 heteroatoms. The predicted octanol–water partition coefficient (Wildman–Crippen LogP) is 5.05. The minimum Gasteiger partial charge on any atom is -0.489 e. The molecule has 0 amide bonds. The van der Waals surface area contributed by atoms with Gasteiger partial charge in [-0.05, 0) is 60.9 Å². The summed E-state index contributed by atoms with van der Waals surface area (Å²) in [7, 11) is 0. The lowest BCUT2D eigenvalue weighted by Crippen LogP contribution is -2.19. The van der Waals surface area contributed by atoms with Crippen molar-refractivity contribution >= 4 is 29.1 Å². The van der Waals surface area contributed by atoms with Gasteiger partial charge in [-0.15, -0.1) is 0 Å². The highest BCUT2D eigenvalue weighted by atomic mass is 35.5. The van der Waals surface area contributed by atoms with Crippen molar-refractivity contribution in [1.29, 1.82) is 0 Å². The molecule has 3 aromatic rings. The first kappa shape index (κ1) is 17.6. The van der Waals surface area contributed by atoms with E-state index in [-0.39, 0.29) is 0 Å². The van der Waals surface area contributed by atoms with Crippen molar-refractivity contribution in [3.63, 3.8) is 0 Å². The van der Waals surface area contributed by atoms with Crippen LogP contribution in [0.3, 0.4) is 0 Å². The topological polar surface area (TPSA) is 50.3 Å². The van der Waals surface area contributed by atoms with Crippen LogP contribution in [0.5, 0.6) is 5.75 Å². The number of rotatable bonds is 6. The molecule has 4 rings (SSSR count). The fourth-order valence-electron chi connectivity index (χ4n) is 3.04. The van der Waals surface area contributed by atoms with E-state index < -0.39 is 0 Å². The van der Waals surface area contributed by atoms with Crippen LogP contribution in [0, 0.1) is 0 Å². The largest absolute Gasteiger partial charge is 0.489 e. The Morgan fingerprint density at radius 3 is 2.44 bits per heavy atom. The van der Waals surface area contributed by atoms with Gasteiger partial charge in [-0.1, -0.05) is 23.7 Å². The average molecular weight is 381 g/mol. The van der Waals surface area contributed by atoms with Crippen LogP contribution in [0.2, 0.25) is 5.02 Å². The zero-order valence-electron chi connectivity index (χ0n) is 14.9. The Bertz CT molecular complexity index is 877. The van der Waals surface area contributed by atoms with E-state index in [1.165, 1.54) is 12.8 Å². The lowest BCUT2D eigenvalue weighted by Gasteiger charge is -2.16. The Kier molecular flexibility index (Phi) is 5.39. The van der Waals surface area contributed by atoms with Gasteiger partial charge in [0.05, 0.1) is 0 Å². The van der Waals surface area contributed by atoms with Crippen molar-refractivity contribution in [3.8, 4) is 5.75 Å². The molecule has 27 heavy (non-hydrogen) atoms. The van der Waals surface area contributed by atoms with E-state index in [0.717, 1.165) is 40.9 Å². The molecule has 1 fully saturated rings. The summed E-state index contributed by atoms with van der Waals surface area (Å²) in [5.41, 5.74) is 2.00. The fraction of sp³-hybridized carbons (Fsp3) is 0.238. The molecule has 2 heterocycles. The first-order chi connectivity index (χ1) is 13.3. The summed E-state index contributed by atoms with van der Waals surface area (Å²) in [4.78, 5) is 11.2. The SMILES string of the molecule is Clc1ccc(COc2ccc(Nc3nccc(N4CCCC4)n3)cc2)cc1. The molecule has 0 spiro atoms. The number of ether oxygens (including phenoxy) is 1. The van der Waals surface area contributed by atoms with Crippen LogP contribution >= 0.6 is 11.6 Å². The Morgan fingerprint density at radius 1 is 0.963 bits per heavy atom. The van der Waals surface area contributed by atoms with Crippen LogP contribution in [0.15, 0.2) is 60.8 Å². The molecule has 5 nitrogen and oxygen atoms in total. The monoisotopic (exact) mass is 380 g/mol. The van der Waals surface area contributed by atoms with Crippen LogP contribution in [0.1, 0.15) is 18.4 Å². The molecule has 1 aliphatic heterocycles. The highest BCUT2D eigenvalue weighted by molar-refractivity contribution is 6.30. The normalized spacial score (nSPS) is 13.6. The minimum atomic E-state index is 0.505. The van der Waals surface area contributed by atoms with Gasteiger partial charge in [0.1, 0.15) is 18.2 Å². The Morgan fingerprint density at radius 2 is 1.70 bits per heavy atom. The highest BCUT2D eigenvalue weighted by Gasteiger charge is 2.14. The second kappa shape index (κ2) is 8.27. The molecule has 1 aromatic heterocycles. The Hall–Kier alpha value is -2.79. The molecule has 0 unspecified atom stereocenters. The maximum absolute atomic E-state index is 5.90. The molecule has 1 aliphatic rings. The summed E-state index contributed by atoms with van der Waals surface area (Å²) in [6.45, 7) is 2.64. The maximum atomic E-state index is 5.90. The number of aromatic nitrogens is 2. The van der Waals surface area contributed by atoms with Gasteiger partial charge < -0.3 is 15.0 Å². The number of anilines is 3. The number of nitrogens with one attached hydrogen (secondary N) is 1. The van der Waals surface area contributed by atoms with E-state index in [9.17, 15) is 0 Å². The summed E-state index contributed by atoms with van der Waals surface area (Å²) < 4.78 is 5.81. The number of benzene rings is 2. The van der Waals surface area contributed by atoms with E-state index in [1.54, 1.807) is 6.20 Å². The summed E-state index contributed by atoms with van der Waals surface area (Å²) in [6, 6.07) is 17.4. The Labute approximate surface area is 164 Å². The minimum absolute atomic E-state index is 0.505. The third-order valence-corrected chi connectivity index (χ3v) is 4.75. The van der Waals surface area contributed by atoms with E-state index in [1.807, 2.05) is 54.6 Å². The third-order valence-electron chi connectivity index (χ3n) is 4.50. The number of hydrogen-bond donors (Lipinski definition) is 1. The molecular weight excluding hydrogens is 360 g/mol. The van der Waals surface area contributed by atoms with Gasteiger partial charge in [0.15, 0.2) is 0 Å².